The Bertz CT molecular complexity index is 265. The molecule has 0 aliphatic heterocycles. The van der Waals surface area contributed by atoms with Gasteiger partial charge in [0.1, 0.15) is 0 Å². The van der Waals surface area contributed by atoms with Gasteiger partial charge in [-0.2, -0.15) is 0 Å². The number of aryl methyl sites for hydroxylation is 1. The first-order valence-electron chi connectivity index (χ1n) is 3.45. The minimum Gasteiger partial charge on any atom is -0.505 e. The van der Waals surface area contributed by atoms with E-state index in [2.05, 4.69) is 4.84 Å². The molecule has 66 valence electrons. The molecule has 0 amide bonds. The average molecular weight is 171 g/mol. The fraction of sp³-hybridized carbons (Fsp3) is 0.250. The van der Waals surface area contributed by atoms with Gasteiger partial charge in [0.05, 0.1) is 6.61 Å². The van der Waals surface area contributed by atoms with Crippen LogP contribution in [0.3, 0.4) is 0 Å². The highest BCUT2D eigenvalue weighted by molar-refractivity contribution is 5.34. The normalized spacial score (nSPS) is 10.2. The Labute approximate surface area is 69.5 Å². The van der Waals surface area contributed by atoms with Crippen LogP contribution in [0.4, 0.5) is 4.39 Å². The summed E-state index contributed by atoms with van der Waals surface area (Å²) in [5.41, 5.74) is 1.02. The van der Waals surface area contributed by atoms with Crippen molar-refractivity contribution in [2.24, 2.45) is 5.90 Å². The van der Waals surface area contributed by atoms with Gasteiger partial charge in [0.15, 0.2) is 11.6 Å². The summed E-state index contributed by atoms with van der Waals surface area (Å²) in [6, 6.07) is 2.86. The third kappa shape index (κ3) is 1.72. The highest BCUT2D eigenvalue weighted by Gasteiger charge is 2.05. The van der Waals surface area contributed by atoms with Crippen molar-refractivity contribution in [1.29, 1.82) is 0 Å². The predicted octanol–water partition coefficient (Wildman–Crippen LogP) is 1.23. The van der Waals surface area contributed by atoms with Crippen LogP contribution in [0.25, 0.3) is 0 Å². The first-order chi connectivity index (χ1) is 5.65. The van der Waals surface area contributed by atoms with Gasteiger partial charge in [-0.1, -0.05) is 6.07 Å². The van der Waals surface area contributed by atoms with Crippen molar-refractivity contribution in [2.75, 3.05) is 0 Å². The first kappa shape index (κ1) is 8.96. The van der Waals surface area contributed by atoms with Crippen molar-refractivity contribution in [1.82, 2.24) is 0 Å². The van der Waals surface area contributed by atoms with E-state index >= 15 is 0 Å². The first-order valence-corrected chi connectivity index (χ1v) is 3.45. The Balaban J connectivity index is 3.04. The summed E-state index contributed by atoms with van der Waals surface area (Å²) in [5.74, 6) is 3.85. The van der Waals surface area contributed by atoms with E-state index in [1.165, 1.54) is 6.07 Å². The van der Waals surface area contributed by atoms with Crippen molar-refractivity contribution in [3.8, 4) is 5.75 Å². The average Bonchev–Trinajstić information content (AvgIpc) is 2.01. The lowest BCUT2D eigenvalue weighted by Crippen LogP contribution is -1.99. The largest absolute Gasteiger partial charge is 0.505 e. The number of hydrogen-bond donors (Lipinski definition) is 2. The minimum atomic E-state index is -0.601. The summed E-state index contributed by atoms with van der Waals surface area (Å²) >= 11 is 0. The Morgan fingerprint density at radius 3 is 2.75 bits per heavy atom. The lowest BCUT2D eigenvalue weighted by Gasteiger charge is -2.03. The molecule has 0 heterocycles. The number of phenols is 1. The number of rotatable bonds is 2. The second kappa shape index (κ2) is 3.51. The van der Waals surface area contributed by atoms with E-state index in [1.807, 2.05) is 0 Å². The van der Waals surface area contributed by atoms with Gasteiger partial charge in [-0.3, -0.25) is 4.84 Å². The van der Waals surface area contributed by atoms with Crippen LogP contribution in [-0.2, 0) is 11.4 Å². The maximum Gasteiger partial charge on any atom is 0.167 e. The molecule has 0 aliphatic rings. The van der Waals surface area contributed by atoms with Crippen LogP contribution in [0, 0.1) is 12.7 Å². The van der Waals surface area contributed by atoms with E-state index in [9.17, 15) is 4.39 Å². The molecule has 1 aromatic rings. The van der Waals surface area contributed by atoms with Crippen LogP contribution in [0.1, 0.15) is 11.1 Å². The van der Waals surface area contributed by atoms with Crippen LogP contribution >= 0.6 is 0 Å². The van der Waals surface area contributed by atoms with E-state index < -0.39 is 5.82 Å². The predicted molar refractivity (Wildman–Crippen MR) is 41.8 cm³/mol. The summed E-state index contributed by atoms with van der Waals surface area (Å²) in [4.78, 5) is 4.34. The zero-order valence-corrected chi connectivity index (χ0v) is 6.67. The molecule has 0 saturated carbocycles. The Hall–Kier alpha value is -1.13. The van der Waals surface area contributed by atoms with Gasteiger partial charge >= 0.3 is 0 Å². The van der Waals surface area contributed by atoms with Crippen molar-refractivity contribution in [3.05, 3.63) is 29.1 Å². The molecule has 0 radical (unpaired) electrons. The molecule has 1 rings (SSSR count). The number of aromatic hydroxyl groups is 1. The highest BCUT2D eigenvalue weighted by atomic mass is 19.1. The Morgan fingerprint density at radius 2 is 2.25 bits per heavy atom. The monoisotopic (exact) mass is 171 g/mol. The Kier molecular flexibility index (Phi) is 2.62. The molecule has 4 heteroatoms. The summed E-state index contributed by atoms with van der Waals surface area (Å²) < 4.78 is 12.8. The van der Waals surface area contributed by atoms with Crippen molar-refractivity contribution in [3.63, 3.8) is 0 Å². The fourth-order valence-electron chi connectivity index (χ4n) is 1.00. The zero-order chi connectivity index (χ0) is 9.14. The SMILES string of the molecule is Cc1cc(CON)cc(O)c1F. The molecule has 0 bridgehead atoms. The van der Waals surface area contributed by atoms with Gasteiger partial charge in [0.25, 0.3) is 0 Å². The van der Waals surface area contributed by atoms with Gasteiger partial charge < -0.3 is 5.11 Å². The molecule has 0 spiro atoms. The van der Waals surface area contributed by atoms with Crippen molar-refractivity contribution < 1.29 is 14.3 Å². The molecule has 3 nitrogen and oxygen atoms in total. The second-order valence-electron chi connectivity index (χ2n) is 2.56. The van der Waals surface area contributed by atoms with Crippen LogP contribution in [0.5, 0.6) is 5.75 Å². The topological polar surface area (TPSA) is 55.5 Å². The number of nitrogens with two attached hydrogens (primary N) is 1. The molecule has 12 heavy (non-hydrogen) atoms. The van der Waals surface area contributed by atoms with Gasteiger partial charge in [-0.25, -0.2) is 10.3 Å². The molecule has 0 unspecified atom stereocenters. The van der Waals surface area contributed by atoms with Gasteiger partial charge in [0, 0.05) is 0 Å². The quantitative estimate of drug-likeness (QED) is 0.658. The van der Waals surface area contributed by atoms with Gasteiger partial charge in [0.2, 0.25) is 0 Å². The van der Waals surface area contributed by atoms with Crippen LogP contribution < -0.4 is 5.90 Å². The fourth-order valence-corrected chi connectivity index (χ4v) is 1.00. The molecular formula is C8H10FNO2. The summed E-state index contributed by atoms with van der Waals surface area (Å²) in [5, 5.41) is 9.04. The highest BCUT2D eigenvalue weighted by Crippen LogP contribution is 2.21. The summed E-state index contributed by atoms with van der Waals surface area (Å²) in [7, 11) is 0. The van der Waals surface area contributed by atoms with Gasteiger partial charge in [-0.15, -0.1) is 0 Å². The summed E-state index contributed by atoms with van der Waals surface area (Å²) in [6.45, 7) is 1.73. The third-order valence-electron chi connectivity index (χ3n) is 1.55. The van der Waals surface area contributed by atoms with E-state index in [-0.39, 0.29) is 12.4 Å². The van der Waals surface area contributed by atoms with Crippen molar-refractivity contribution >= 4 is 0 Å². The number of hydrogen-bond acceptors (Lipinski definition) is 3. The molecule has 0 aromatic heterocycles. The van der Waals surface area contributed by atoms with Crippen LogP contribution in [0.15, 0.2) is 12.1 Å². The number of halogens is 1. The molecular weight excluding hydrogens is 161 g/mol. The standard InChI is InChI=1S/C8H10FNO2/c1-5-2-6(4-12-10)3-7(11)8(5)9/h2-3,11H,4,10H2,1H3. The van der Waals surface area contributed by atoms with Gasteiger partial charge in [-0.05, 0) is 24.1 Å². The van der Waals surface area contributed by atoms with E-state index in [1.54, 1.807) is 13.0 Å². The van der Waals surface area contributed by atoms with E-state index in [4.69, 9.17) is 11.0 Å². The molecule has 3 N–H and O–H groups in total. The van der Waals surface area contributed by atoms with Crippen LogP contribution in [-0.4, -0.2) is 5.11 Å². The lowest BCUT2D eigenvalue weighted by atomic mass is 10.1. The Morgan fingerprint density at radius 1 is 1.58 bits per heavy atom. The lowest BCUT2D eigenvalue weighted by molar-refractivity contribution is 0.124. The molecule has 0 saturated heterocycles. The number of phenolic OH excluding ortho intramolecular Hbond substituents is 1. The van der Waals surface area contributed by atoms with E-state index in [0.29, 0.717) is 11.1 Å². The van der Waals surface area contributed by atoms with E-state index in [0.717, 1.165) is 0 Å². The molecule has 0 aliphatic carbocycles. The minimum absolute atomic E-state index is 0.161. The molecule has 0 atom stereocenters. The summed E-state index contributed by atoms with van der Waals surface area (Å²) in [6.07, 6.45) is 0. The smallest absolute Gasteiger partial charge is 0.167 e. The number of benzene rings is 1. The molecule has 1 aromatic carbocycles. The van der Waals surface area contributed by atoms with Crippen molar-refractivity contribution in [2.45, 2.75) is 13.5 Å². The third-order valence-corrected chi connectivity index (χ3v) is 1.55. The second-order valence-corrected chi connectivity index (χ2v) is 2.56. The van der Waals surface area contributed by atoms with Crippen LogP contribution in [0.2, 0.25) is 0 Å². The zero-order valence-electron chi connectivity index (χ0n) is 6.67. The molecule has 0 fully saturated rings. The maximum atomic E-state index is 12.8. The maximum absolute atomic E-state index is 12.8.